The van der Waals surface area contributed by atoms with Crippen LogP contribution < -0.4 is 15.6 Å². The van der Waals surface area contributed by atoms with Gasteiger partial charge in [0, 0.05) is 30.6 Å². The number of nitrogens with zero attached hydrogens (tertiary/aromatic N) is 4. The van der Waals surface area contributed by atoms with Crippen LogP contribution in [0.1, 0.15) is 11.1 Å². The van der Waals surface area contributed by atoms with Crippen molar-refractivity contribution >= 4 is 11.6 Å². The second kappa shape index (κ2) is 8.62. The van der Waals surface area contributed by atoms with E-state index in [1.807, 2.05) is 38.2 Å². The molecule has 4 aromatic rings. The average Bonchev–Trinajstić information content (AvgIpc) is 3.16. The third-order valence-electron chi connectivity index (χ3n) is 5.06. The first-order chi connectivity index (χ1) is 15.3. The SMILES string of the molecule is COc1cn(Cc2cc(F)cc(F)c2)c(Nc2cc(-c3ccnn3C)ccc2C)nc1=O. The van der Waals surface area contributed by atoms with Crippen molar-refractivity contribution in [2.24, 2.45) is 7.05 Å². The Bertz CT molecular complexity index is 1330. The zero-order valence-corrected chi connectivity index (χ0v) is 17.8. The molecule has 0 radical (unpaired) electrons. The maximum atomic E-state index is 13.7. The van der Waals surface area contributed by atoms with Gasteiger partial charge in [0.1, 0.15) is 11.6 Å². The minimum absolute atomic E-state index is 0.0211. The fraction of sp³-hybridized carbons (Fsp3) is 0.174. The van der Waals surface area contributed by atoms with Crippen molar-refractivity contribution in [3.05, 3.63) is 88.0 Å². The van der Waals surface area contributed by atoms with Gasteiger partial charge >= 0.3 is 5.56 Å². The summed E-state index contributed by atoms with van der Waals surface area (Å²) in [5.74, 6) is -1.14. The van der Waals surface area contributed by atoms with E-state index in [4.69, 9.17) is 4.74 Å². The highest BCUT2D eigenvalue weighted by Gasteiger charge is 2.13. The van der Waals surface area contributed by atoms with Gasteiger partial charge in [-0.05, 0) is 42.3 Å². The van der Waals surface area contributed by atoms with E-state index in [1.165, 1.54) is 25.4 Å². The first-order valence-electron chi connectivity index (χ1n) is 9.80. The number of hydrogen-bond acceptors (Lipinski definition) is 5. The van der Waals surface area contributed by atoms with Gasteiger partial charge in [-0.2, -0.15) is 10.1 Å². The van der Waals surface area contributed by atoms with E-state index in [-0.39, 0.29) is 18.2 Å². The molecule has 0 spiro atoms. The van der Waals surface area contributed by atoms with Crippen LogP contribution in [0.2, 0.25) is 0 Å². The van der Waals surface area contributed by atoms with E-state index in [1.54, 1.807) is 15.4 Å². The largest absolute Gasteiger partial charge is 0.490 e. The predicted molar refractivity (Wildman–Crippen MR) is 117 cm³/mol. The molecule has 0 amide bonds. The lowest BCUT2D eigenvalue weighted by atomic mass is 10.1. The number of aromatic nitrogens is 4. The number of ether oxygens (including phenoxy) is 1. The number of rotatable bonds is 6. The third-order valence-corrected chi connectivity index (χ3v) is 5.06. The lowest BCUT2D eigenvalue weighted by Crippen LogP contribution is -2.19. The maximum Gasteiger partial charge on any atom is 0.316 e. The minimum Gasteiger partial charge on any atom is -0.490 e. The van der Waals surface area contributed by atoms with Crippen molar-refractivity contribution in [1.29, 1.82) is 0 Å². The summed E-state index contributed by atoms with van der Waals surface area (Å²) in [5, 5.41) is 7.38. The Labute approximate surface area is 182 Å². The molecular formula is C23H21F2N5O2. The molecule has 0 fully saturated rings. The molecule has 0 aliphatic heterocycles. The topological polar surface area (TPSA) is 74.0 Å². The molecule has 0 saturated heterocycles. The molecule has 9 heteroatoms. The molecule has 0 unspecified atom stereocenters. The second-order valence-electron chi connectivity index (χ2n) is 7.34. The van der Waals surface area contributed by atoms with Crippen LogP contribution in [0, 0.1) is 18.6 Å². The highest BCUT2D eigenvalue weighted by atomic mass is 19.1. The van der Waals surface area contributed by atoms with Gasteiger partial charge in [0.05, 0.1) is 25.5 Å². The molecule has 2 aromatic carbocycles. The van der Waals surface area contributed by atoms with E-state index in [9.17, 15) is 13.6 Å². The van der Waals surface area contributed by atoms with E-state index < -0.39 is 17.2 Å². The Morgan fingerprint density at radius 1 is 1.09 bits per heavy atom. The van der Waals surface area contributed by atoms with Crippen molar-refractivity contribution in [1.82, 2.24) is 19.3 Å². The number of hydrogen-bond donors (Lipinski definition) is 1. The van der Waals surface area contributed by atoms with Crippen LogP contribution >= 0.6 is 0 Å². The average molecular weight is 437 g/mol. The standard InChI is InChI=1S/C23H21F2N5O2/c1-14-4-5-16(20-6-7-26-29(20)2)10-19(14)27-23-28-22(31)21(32-3)13-30(23)12-15-8-17(24)11-18(25)9-15/h4-11,13H,12H2,1-3H3,(H,27,28,31). The summed E-state index contributed by atoms with van der Waals surface area (Å²) in [7, 11) is 3.21. The summed E-state index contributed by atoms with van der Waals surface area (Å²) in [4.78, 5) is 16.4. The number of nitrogens with one attached hydrogen (secondary N) is 1. The van der Waals surface area contributed by atoms with E-state index >= 15 is 0 Å². The molecule has 0 aliphatic carbocycles. The highest BCUT2D eigenvalue weighted by molar-refractivity contribution is 5.70. The van der Waals surface area contributed by atoms with Gasteiger partial charge in [0.2, 0.25) is 11.7 Å². The van der Waals surface area contributed by atoms with Gasteiger partial charge in [0.25, 0.3) is 0 Å². The quantitative estimate of drug-likeness (QED) is 0.493. The van der Waals surface area contributed by atoms with Crippen LogP contribution in [0.15, 0.2) is 59.7 Å². The van der Waals surface area contributed by atoms with Gasteiger partial charge in [-0.1, -0.05) is 12.1 Å². The zero-order valence-electron chi connectivity index (χ0n) is 17.8. The van der Waals surface area contributed by atoms with Crippen molar-refractivity contribution in [3.8, 4) is 17.0 Å². The van der Waals surface area contributed by atoms with Crippen molar-refractivity contribution < 1.29 is 13.5 Å². The third kappa shape index (κ3) is 4.36. The van der Waals surface area contributed by atoms with Crippen LogP contribution in [-0.2, 0) is 13.6 Å². The first kappa shape index (κ1) is 21.2. The first-order valence-corrected chi connectivity index (χ1v) is 9.80. The summed E-state index contributed by atoms with van der Waals surface area (Å²) in [5.41, 5.74) is 3.30. The normalized spacial score (nSPS) is 10.9. The molecule has 7 nitrogen and oxygen atoms in total. The summed E-state index contributed by atoms with van der Waals surface area (Å²) < 4.78 is 35.8. The number of aryl methyl sites for hydroxylation is 2. The Kier molecular flexibility index (Phi) is 5.72. The summed E-state index contributed by atoms with van der Waals surface area (Å²) in [6.07, 6.45) is 3.17. The summed E-state index contributed by atoms with van der Waals surface area (Å²) in [6, 6.07) is 11.0. The summed E-state index contributed by atoms with van der Waals surface area (Å²) >= 11 is 0. The Balaban J connectivity index is 1.76. The van der Waals surface area contributed by atoms with Crippen LogP contribution in [0.3, 0.4) is 0 Å². The van der Waals surface area contributed by atoms with Gasteiger partial charge in [0.15, 0.2) is 0 Å². The van der Waals surface area contributed by atoms with Crippen molar-refractivity contribution in [3.63, 3.8) is 0 Å². The maximum absolute atomic E-state index is 13.7. The Morgan fingerprint density at radius 3 is 2.50 bits per heavy atom. The van der Waals surface area contributed by atoms with E-state index in [2.05, 4.69) is 15.4 Å². The fourth-order valence-electron chi connectivity index (χ4n) is 3.43. The van der Waals surface area contributed by atoms with Gasteiger partial charge in [-0.25, -0.2) is 8.78 Å². The van der Waals surface area contributed by atoms with Gasteiger partial charge in [-0.3, -0.25) is 9.48 Å². The van der Waals surface area contributed by atoms with E-state index in [0.717, 1.165) is 28.6 Å². The molecule has 0 saturated carbocycles. The Hall–Kier alpha value is -4.01. The molecular weight excluding hydrogens is 416 g/mol. The van der Waals surface area contributed by atoms with Crippen molar-refractivity contribution in [2.45, 2.75) is 13.5 Å². The molecule has 4 rings (SSSR count). The zero-order chi connectivity index (χ0) is 22.8. The molecule has 2 aromatic heterocycles. The van der Waals surface area contributed by atoms with Gasteiger partial charge < -0.3 is 14.6 Å². The fourth-order valence-corrected chi connectivity index (χ4v) is 3.43. The lowest BCUT2D eigenvalue weighted by Gasteiger charge is -2.17. The number of anilines is 2. The lowest BCUT2D eigenvalue weighted by molar-refractivity contribution is 0.402. The second-order valence-corrected chi connectivity index (χ2v) is 7.34. The molecule has 32 heavy (non-hydrogen) atoms. The van der Waals surface area contributed by atoms with E-state index in [0.29, 0.717) is 5.56 Å². The molecule has 1 N–H and O–H groups in total. The van der Waals surface area contributed by atoms with Crippen LogP contribution in [-0.4, -0.2) is 26.4 Å². The molecule has 0 aliphatic rings. The molecule has 0 bridgehead atoms. The minimum atomic E-state index is -0.685. The highest BCUT2D eigenvalue weighted by Crippen LogP contribution is 2.27. The van der Waals surface area contributed by atoms with Gasteiger partial charge in [-0.15, -0.1) is 0 Å². The Morgan fingerprint density at radius 2 is 1.84 bits per heavy atom. The predicted octanol–water partition coefficient (Wildman–Crippen LogP) is 4.03. The number of benzene rings is 2. The molecule has 2 heterocycles. The van der Waals surface area contributed by atoms with Crippen LogP contribution in [0.25, 0.3) is 11.3 Å². The number of halogens is 2. The number of methoxy groups -OCH3 is 1. The molecule has 164 valence electrons. The van der Waals surface area contributed by atoms with Crippen molar-refractivity contribution in [2.75, 3.05) is 12.4 Å². The summed E-state index contributed by atoms with van der Waals surface area (Å²) in [6.45, 7) is 1.99. The van der Waals surface area contributed by atoms with Crippen LogP contribution in [0.5, 0.6) is 5.75 Å². The monoisotopic (exact) mass is 437 g/mol. The smallest absolute Gasteiger partial charge is 0.316 e. The molecule has 0 atom stereocenters. The van der Waals surface area contributed by atoms with Crippen LogP contribution in [0.4, 0.5) is 20.4 Å².